The molecule has 0 amide bonds. The Morgan fingerprint density at radius 2 is 1.77 bits per heavy atom. The van der Waals surface area contributed by atoms with E-state index in [1.165, 1.54) is 18.3 Å². The lowest BCUT2D eigenvalue weighted by Crippen LogP contribution is -2.12. The fourth-order valence-electron chi connectivity index (χ4n) is 1.88. The molecule has 1 aromatic carbocycles. The van der Waals surface area contributed by atoms with Crippen LogP contribution in [0.15, 0.2) is 47.6 Å². The van der Waals surface area contributed by atoms with E-state index in [9.17, 15) is 8.78 Å². The number of hydrogen-bond donors (Lipinski definition) is 0. The quantitative estimate of drug-likeness (QED) is 0.602. The zero-order valence-corrected chi connectivity index (χ0v) is 14.3. The monoisotopic (exact) mass is 305 g/mol. The number of aryl methyl sites for hydroxylation is 1. The third-order valence-electron chi connectivity index (χ3n) is 3.79. The highest BCUT2D eigenvalue weighted by molar-refractivity contribution is 6.10. The molecule has 0 saturated heterocycles. The topological polar surface area (TPSA) is 12.4 Å². The second kappa shape index (κ2) is 6.55. The summed E-state index contributed by atoms with van der Waals surface area (Å²) in [6.07, 6.45) is 3.39. The minimum absolute atomic E-state index is 0.00771. The zero-order chi connectivity index (χ0) is 17.1. The second-order valence-corrected chi connectivity index (χ2v) is 6.69. The Morgan fingerprint density at radius 3 is 2.23 bits per heavy atom. The van der Waals surface area contributed by atoms with E-state index in [0.717, 1.165) is 18.1 Å². The van der Waals surface area contributed by atoms with Gasteiger partial charge in [-0.3, -0.25) is 4.99 Å². The molecule has 0 aliphatic carbocycles. The summed E-state index contributed by atoms with van der Waals surface area (Å²) < 4.78 is 27.2. The SMILES string of the molecule is C=C/N=C(\C=C(/C)C(C)(C)C)c1cc(C(C)(F)F)ccc1C. The van der Waals surface area contributed by atoms with Crippen LogP contribution in [0, 0.1) is 12.3 Å². The van der Waals surface area contributed by atoms with Crippen molar-refractivity contribution in [2.45, 2.75) is 47.5 Å². The van der Waals surface area contributed by atoms with Gasteiger partial charge >= 0.3 is 0 Å². The highest BCUT2D eigenvalue weighted by Gasteiger charge is 2.25. The fourth-order valence-corrected chi connectivity index (χ4v) is 1.88. The largest absolute Gasteiger partial charge is 0.270 e. The molecular weight excluding hydrogens is 280 g/mol. The summed E-state index contributed by atoms with van der Waals surface area (Å²) in [5.74, 6) is -2.87. The molecule has 0 atom stereocenters. The molecule has 0 aliphatic heterocycles. The van der Waals surface area contributed by atoms with Gasteiger partial charge in [0.1, 0.15) is 0 Å². The zero-order valence-electron chi connectivity index (χ0n) is 14.3. The fraction of sp³-hybridized carbons (Fsp3) is 0.421. The molecule has 0 fully saturated rings. The van der Waals surface area contributed by atoms with E-state index in [0.29, 0.717) is 11.3 Å². The van der Waals surface area contributed by atoms with Gasteiger partial charge in [-0.15, -0.1) is 0 Å². The van der Waals surface area contributed by atoms with Gasteiger partial charge in [-0.25, -0.2) is 8.78 Å². The average molecular weight is 305 g/mol. The molecule has 0 aromatic heterocycles. The van der Waals surface area contributed by atoms with Crippen LogP contribution in [-0.4, -0.2) is 5.71 Å². The van der Waals surface area contributed by atoms with Crippen LogP contribution in [0.3, 0.4) is 0 Å². The molecule has 0 heterocycles. The Morgan fingerprint density at radius 1 is 1.18 bits per heavy atom. The number of allylic oxidation sites excluding steroid dienone is 2. The summed E-state index contributed by atoms with van der Waals surface area (Å²) in [5.41, 5.74) is 3.38. The van der Waals surface area contributed by atoms with Gasteiger partial charge in [0.25, 0.3) is 5.92 Å². The van der Waals surface area contributed by atoms with Crippen molar-refractivity contribution in [2.24, 2.45) is 10.4 Å². The molecule has 0 spiro atoms. The maximum absolute atomic E-state index is 13.6. The molecule has 120 valence electrons. The number of nitrogens with zero attached hydrogens (tertiary/aromatic N) is 1. The van der Waals surface area contributed by atoms with Gasteiger partial charge in [0.05, 0.1) is 5.71 Å². The average Bonchev–Trinajstić information content (AvgIpc) is 2.36. The van der Waals surface area contributed by atoms with Crippen LogP contribution in [0.2, 0.25) is 0 Å². The molecule has 0 unspecified atom stereocenters. The summed E-state index contributed by atoms with van der Waals surface area (Å²) in [6.45, 7) is 14.8. The summed E-state index contributed by atoms with van der Waals surface area (Å²) >= 11 is 0. The van der Waals surface area contributed by atoms with Crippen molar-refractivity contribution in [3.63, 3.8) is 0 Å². The van der Waals surface area contributed by atoms with Crippen molar-refractivity contribution in [3.05, 3.63) is 59.3 Å². The lowest BCUT2D eigenvalue weighted by Gasteiger charge is -2.20. The smallest absolute Gasteiger partial charge is 0.257 e. The molecule has 0 N–H and O–H groups in total. The maximum Gasteiger partial charge on any atom is 0.270 e. The molecule has 0 aliphatic rings. The Labute approximate surface area is 132 Å². The minimum Gasteiger partial charge on any atom is -0.257 e. The third-order valence-corrected chi connectivity index (χ3v) is 3.79. The van der Waals surface area contributed by atoms with E-state index in [1.54, 1.807) is 6.07 Å². The molecule has 1 aromatic rings. The Hall–Kier alpha value is -1.77. The van der Waals surface area contributed by atoms with Crippen LogP contribution in [0.25, 0.3) is 0 Å². The summed E-state index contributed by atoms with van der Waals surface area (Å²) in [5, 5.41) is 0. The van der Waals surface area contributed by atoms with Gasteiger partial charge in [0.15, 0.2) is 0 Å². The van der Waals surface area contributed by atoms with Crippen molar-refractivity contribution in [3.8, 4) is 0 Å². The van der Waals surface area contributed by atoms with E-state index in [2.05, 4.69) is 32.3 Å². The molecule has 1 rings (SSSR count). The summed E-state index contributed by atoms with van der Waals surface area (Å²) in [7, 11) is 0. The molecule has 0 radical (unpaired) electrons. The number of aliphatic imine (C=N–C) groups is 1. The van der Waals surface area contributed by atoms with E-state index < -0.39 is 5.92 Å². The number of rotatable bonds is 4. The van der Waals surface area contributed by atoms with Crippen LogP contribution in [0.4, 0.5) is 8.78 Å². The Bertz CT molecular complexity index is 611. The van der Waals surface area contributed by atoms with Gasteiger partial charge in [-0.05, 0) is 37.0 Å². The van der Waals surface area contributed by atoms with Crippen molar-refractivity contribution in [1.29, 1.82) is 0 Å². The second-order valence-electron chi connectivity index (χ2n) is 6.69. The number of halogens is 2. The predicted octanol–water partition coefficient (Wildman–Crippen LogP) is 6.03. The molecule has 1 nitrogen and oxygen atoms in total. The van der Waals surface area contributed by atoms with Gasteiger partial charge in [-0.2, -0.15) is 0 Å². The summed E-state index contributed by atoms with van der Waals surface area (Å²) in [4.78, 5) is 4.29. The van der Waals surface area contributed by atoms with E-state index in [4.69, 9.17) is 0 Å². The number of alkyl halides is 2. The first-order chi connectivity index (χ1) is 9.96. The van der Waals surface area contributed by atoms with Gasteiger partial charge < -0.3 is 0 Å². The maximum atomic E-state index is 13.6. The molecule has 0 saturated carbocycles. The van der Waals surface area contributed by atoms with Crippen molar-refractivity contribution in [2.75, 3.05) is 0 Å². The Kier molecular flexibility index (Phi) is 5.44. The van der Waals surface area contributed by atoms with Crippen LogP contribution >= 0.6 is 0 Å². The Balaban J connectivity index is 3.47. The van der Waals surface area contributed by atoms with Crippen LogP contribution in [0.5, 0.6) is 0 Å². The van der Waals surface area contributed by atoms with E-state index in [-0.39, 0.29) is 11.0 Å². The third kappa shape index (κ3) is 4.62. The summed E-state index contributed by atoms with van der Waals surface area (Å²) in [6, 6.07) is 4.69. The molecular formula is C19H25F2N. The standard InChI is InChI=1S/C19H25F2N/c1-8-22-17(11-14(3)18(4,5)6)16-12-15(19(7,20)21)10-9-13(16)2/h8-12H,1H2,2-7H3/b14-11+,22-17+. The van der Waals surface area contributed by atoms with Crippen molar-refractivity contribution in [1.82, 2.24) is 0 Å². The molecule has 22 heavy (non-hydrogen) atoms. The number of benzene rings is 1. The molecule has 3 heteroatoms. The van der Waals surface area contributed by atoms with E-state index in [1.807, 2.05) is 19.9 Å². The van der Waals surface area contributed by atoms with Crippen LogP contribution < -0.4 is 0 Å². The first-order valence-corrected chi connectivity index (χ1v) is 7.33. The lowest BCUT2D eigenvalue weighted by atomic mass is 9.86. The molecule has 0 bridgehead atoms. The van der Waals surface area contributed by atoms with Crippen molar-refractivity contribution < 1.29 is 8.78 Å². The van der Waals surface area contributed by atoms with Gasteiger partial charge in [-0.1, -0.05) is 45.1 Å². The lowest BCUT2D eigenvalue weighted by molar-refractivity contribution is 0.0174. The first kappa shape index (κ1) is 18.3. The predicted molar refractivity (Wildman–Crippen MR) is 90.7 cm³/mol. The van der Waals surface area contributed by atoms with Gasteiger partial charge in [0, 0.05) is 24.3 Å². The van der Waals surface area contributed by atoms with Gasteiger partial charge in [0.2, 0.25) is 0 Å². The van der Waals surface area contributed by atoms with Crippen molar-refractivity contribution >= 4 is 5.71 Å². The van der Waals surface area contributed by atoms with Crippen LogP contribution in [0.1, 0.15) is 51.3 Å². The normalized spacial score (nSPS) is 14.2. The first-order valence-electron chi connectivity index (χ1n) is 7.33. The highest BCUT2D eigenvalue weighted by atomic mass is 19.3. The number of hydrogen-bond acceptors (Lipinski definition) is 1. The van der Waals surface area contributed by atoms with Crippen LogP contribution in [-0.2, 0) is 5.92 Å². The minimum atomic E-state index is -2.87. The highest BCUT2D eigenvalue weighted by Crippen LogP contribution is 2.30. The van der Waals surface area contributed by atoms with E-state index >= 15 is 0 Å².